The first kappa shape index (κ1) is 26.8. The fourth-order valence-electron chi connectivity index (χ4n) is 3.57. The van der Waals surface area contributed by atoms with Gasteiger partial charge >= 0.3 is 5.97 Å². The molecule has 0 radical (unpaired) electrons. The standard InChI is InChI=1S/C29H23ClN2O5S/c1-37-22-12-7-19(8-13-22)27(33)31-20-9-14-23(15-10-20)38-26(18-5-3-2-4-6-18)28(34)32-21-11-16-25(30)24(17-21)29(35)36/h2-17,26H,1H3,(H,31,33)(H,32,34)(H,35,36). The van der Waals surface area contributed by atoms with Crippen molar-refractivity contribution in [1.82, 2.24) is 0 Å². The zero-order valence-electron chi connectivity index (χ0n) is 20.2. The summed E-state index contributed by atoms with van der Waals surface area (Å²) in [5.41, 5.74) is 2.12. The summed E-state index contributed by atoms with van der Waals surface area (Å²) < 4.78 is 5.12. The number of halogens is 1. The van der Waals surface area contributed by atoms with Crippen LogP contribution >= 0.6 is 23.4 Å². The predicted octanol–water partition coefficient (Wildman–Crippen LogP) is 6.77. The van der Waals surface area contributed by atoms with Crippen molar-refractivity contribution in [2.45, 2.75) is 10.1 Å². The Hall–Kier alpha value is -4.27. The van der Waals surface area contributed by atoms with Crippen LogP contribution in [0, 0.1) is 0 Å². The van der Waals surface area contributed by atoms with Gasteiger partial charge in [0.15, 0.2) is 0 Å². The minimum atomic E-state index is -1.18. The third-order valence-corrected chi connectivity index (χ3v) is 7.12. The van der Waals surface area contributed by atoms with Crippen molar-refractivity contribution in [2.75, 3.05) is 17.7 Å². The van der Waals surface area contributed by atoms with Crippen molar-refractivity contribution >= 4 is 52.5 Å². The Balaban J connectivity index is 1.49. The molecule has 0 saturated heterocycles. The van der Waals surface area contributed by atoms with Crippen LogP contribution in [0.1, 0.15) is 31.5 Å². The van der Waals surface area contributed by atoms with Gasteiger partial charge in [-0.1, -0.05) is 41.9 Å². The van der Waals surface area contributed by atoms with Gasteiger partial charge in [-0.3, -0.25) is 9.59 Å². The summed E-state index contributed by atoms with van der Waals surface area (Å²) in [7, 11) is 1.56. The molecule has 3 N–H and O–H groups in total. The Morgan fingerprint density at radius 3 is 2.13 bits per heavy atom. The van der Waals surface area contributed by atoms with E-state index in [2.05, 4.69) is 10.6 Å². The monoisotopic (exact) mass is 546 g/mol. The molecule has 9 heteroatoms. The van der Waals surface area contributed by atoms with Crippen LogP contribution in [-0.4, -0.2) is 30.0 Å². The van der Waals surface area contributed by atoms with E-state index in [-0.39, 0.29) is 22.4 Å². The SMILES string of the molecule is COc1ccc(C(=O)Nc2ccc(SC(C(=O)Nc3ccc(Cl)c(C(=O)O)c3)c3ccccc3)cc2)cc1. The minimum absolute atomic E-state index is 0.0867. The Bertz CT molecular complexity index is 1440. The van der Waals surface area contributed by atoms with Gasteiger partial charge in [0.05, 0.1) is 17.7 Å². The zero-order valence-corrected chi connectivity index (χ0v) is 21.8. The molecule has 0 aliphatic carbocycles. The Kier molecular flexibility index (Phi) is 8.68. The predicted molar refractivity (Wildman–Crippen MR) is 149 cm³/mol. The van der Waals surface area contributed by atoms with Crippen molar-refractivity contribution in [3.05, 3.63) is 119 Å². The largest absolute Gasteiger partial charge is 0.497 e. The summed E-state index contributed by atoms with van der Waals surface area (Å²) in [5, 5.41) is 14.5. The van der Waals surface area contributed by atoms with E-state index in [1.165, 1.54) is 23.9 Å². The highest BCUT2D eigenvalue weighted by atomic mass is 35.5. The highest BCUT2D eigenvalue weighted by molar-refractivity contribution is 8.00. The van der Waals surface area contributed by atoms with Crippen LogP contribution in [0.5, 0.6) is 5.75 Å². The average Bonchev–Trinajstić information content (AvgIpc) is 2.94. The number of hydrogen-bond donors (Lipinski definition) is 3. The second-order valence-electron chi connectivity index (χ2n) is 8.10. The van der Waals surface area contributed by atoms with Gasteiger partial charge in [0.2, 0.25) is 5.91 Å². The molecular formula is C29H23ClN2O5S. The van der Waals surface area contributed by atoms with Crippen molar-refractivity contribution in [1.29, 1.82) is 0 Å². The maximum atomic E-state index is 13.3. The molecule has 0 aromatic heterocycles. The van der Waals surface area contributed by atoms with Gasteiger partial charge in [0, 0.05) is 21.8 Å². The first-order chi connectivity index (χ1) is 18.3. The lowest BCUT2D eigenvalue weighted by atomic mass is 10.1. The van der Waals surface area contributed by atoms with Crippen LogP contribution in [0.2, 0.25) is 5.02 Å². The maximum Gasteiger partial charge on any atom is 0.337 e. The van der Waals surface area contributed by atoms with Gasteiger partial charge in [0.1, 0.15) is 11.0 Å². The van der Waals surface area contributed by atoms with E-state index in [0.29, 0.717) is 22.7 Å². The topological polar surface area (TPSA) is 105 Å². The molecule has 0 saturated carbocycles. The number of thioether (sulfide) groups is 1. The number of aromatic carboxylic acids is 1. The lowest BCUT2D eigenvalue weighted by Crippen LogP contribution is -2.19. The van der Waals surface area contributed by atoms with E-state index < -0.39 is 11.2 Å². The van der Waals surface area contributed by atoms with Crippen LogP contribution in [0.15, 0.2) is 102 Å². The summed E-state index contributed by atoms with van der Waals surface area (Å²) >= 11 is 7.29. The summed E-state index contributed by atoms with van der Waals surface area (Å²) in [6.07, 6.45) is 0. The molecule has 4 aromatic rings. The van der Waals surface area contributed by atoms with E-state index >= 15 is 0 Å². The number of carboxylic acid groups (broad SMARTS) is 1. The number of amides is 2. The third kappa shape index (κ3) is 6.73. The smallest absolute Gasteiger partial charge is 0.337 e. The first-order valence-electron chi connectivity index (χ1n) is 11.4. The number of benzene rings is 4. The van der Waals surface area contributed by atoms with E-state index in [1.807, 2.05) is 42.5 Å². The Morgan fingerprint density at radius 1 is 0.842 bits per heavy atom. The lowest BCUT2D eigenvalue weighted by Gasteiger charge is -2.18. The zero-order chi connectivity index (χ0) is 27.1. The van der Waals surface area contributed by atoms with Gasteiger partial charge in [0.25, 0.3) is 5.91 Å². The molecule has 1 atom stereocenters. The molecular weight excluding hydrogens is 524 g/mol. The molecule has 7 nitrogen and oxygen atoms in total. The molecule has 38 heavy (non-hydrogen) atoms. The van der Waals surface area contributed by atoms with Gasteiger partial charge in [-0.15, -0.1) is 11.8 Å². The fraction of sp³-hybridized carbons (Fsp3) is 0.0690. The first-order valence-corrected chi connectivity index (χ1v) is 12.7. The molecule has 0 aliphatic rings. The number of methoxy groups -OCH3 is 1. The van der Waals surface area contributed by atoms with Crippen molar-refractivity contribution in [2.24, 2.45) is 0 Å². The highest BCUT2D eigenvalue weighted by Crippen LogP contribution is 2.37. The molecule has 192 valence electrons. The molecule has 2 amide bonds. The van der Waals surface area contributed by atoms with Crippen LogP contribution in [0.4, 0.5) is 11.4 Å². The van der Waals surface area contributed by atoms with Crippen LogP contribution in [0.3, 0.4) is 0 Å². The molecule has 0 bridgehead atoms. The summed E-state index contributed by atoms with van der Waals surface area (Å²) in [4.78, 5) is 38.1. The second-order valence-corrected chi connectivity index (χ2v) is 9.69. The number of carboxylic acids is 1. The molecule has 4 aromatic carbocycles. The van der Waals surface area contributed by atoms with Crippen molar-refractivity contribution in [3.8, 4) is 5.75 Å². The number of carbonyl (C=O) groups is 3. The van der Waals surface area contributed by atoms with Crippen LogP contribution < -0.4 is 15.4 Å². The van der Waals surface area contributed by atoms with E-state index in [4.69, 9.17) is 16.3 Å². The van der Waals surface area contributed by atoms with Crippen molar-refractivity contribution in [3.63, 3.8) is 0 Å². The molecule has 1 unspecified atom stereocenters. The molecule has 0 aliphatic heterocycles. The Morgan fingerprint density at radius 2 is 1.50 bits per heavy atom. The van der Waals surface area contributed by atoms with Crippen molar-refractivity contribution < 1.29 is 24.2 Å². The van der Waals surface area contributed by atoms with Gasteiger partial charge in [-0.25, -0.2) is 4.79 Å². The lowest BCUT2D eigenvalue weighted by molar-refractivity contribution is -0.115. The number of rotatable bonds is 9. The molecule has 0 heterocycles. The third-order valence-electron chi connectivity index (χ3n) is 5.52. The van der Waals surface area contributed by atoms with E-state index in [1.54, 1.807) is 49.6 Å². The van der Waals surface area contributed by atoms with Crippen LogP contribution in [-0.2, 0) is 4.79 Å². The molecule has 0 fully saturated rings. The minimum Gasteiger partial charge on any atom is -0.497 e. The van der Waals surface area contributed by atoms with Crippen LogP contribution in [0.25, 0.3) is 0 Å². The maximum absolute atomic E-state index is 13.3. The summed E-state index contributed by atoms with van der Waals surface area (Å²) in [6.45, 7) is 0. The van der Waals surface area contributed by atoms with E-state index in [0.717, 1.165) is 10.5 Å². The van der Waals surface area contributed by atoms with Gasteiger partial charge in [-0.2, -0.15) is 0 Å². The number of anilines is 2. The normalized spacial score (nSPS) is 11.3. The summed E-state index contributed by atoms with van der Waals surface area (Å²) in [6, 6.07) is 27.6. The second kappa shape index (κ2) is 12.3. The number of carbonyl (C=O) groups excluding carboxylic acids is 2. The fourth-order valence-corrected chi connectivity index (χ4v) is 4.80. The van der Waals surface area contributed by atoms with E-state index in [9.17, 15) is 19.5 Å². The highest BCUT2D eigenvalue weighted by Gasteiger charge is 2.23. The Labute approximate surface area is 228 Å². The summed E-state index contributed by atoms with van der Waals surface area (Å²) in [5.74, 6) is -1.09. The van der Waals surface area contributed by atoms with Gasteiger partial charge in [-0.05, 0) is 72.3 Å². The quantitative estimate of drug-likeness (QED) is 0.200. The number of ether oxygens (including phenoxy) is 1. The molecule has 4 rings (SSSR count). The number of hydrogen-bond acceptors (Lipinski definition) is 5. The average molecular weight is 547 g/mol. The van der Waals surface area contributed by atoms with Gasteiger partial charge < -0.3 is 20.5 Å². The number of nitrogens with one attached hydrogen (secondary N) is 2. The molecule has 0 spiro atoms.